The van der Waals surface area contributed by atoms with Crippen LogP contribution in [-0.2, 0) is 4.79 Å². The van der Waals surface area contributed by atoms with Crippen LogP contribution in [0.5, 0.6) is 0 Å². The van der Waals surface area contributed by atoms with E-state index in [2.05, 4.69) is 32.4 Å². The van der Waals surface area contributed by atoms with Crippen molar-refractivity contribution in [3.8, 4) is 0 Å². The summed E-state index contributed by atoms with van der Waals surface area (Å²) in [7, 11) is 0. The van der Waals surface area contributed by atoms with Crippen LogP contribution < -0.4 is 26.2 Å². The molecule has 5 aliphatic heterocycles. The first-order valence-corrected chi connectivity index (χ1v) is 14.4. The first-order chi connectivity index (χ1) is 18.7. The molecular formula is C28H41F2N7O2. The number of aliphatic hydroxyl groups is 1. The van der Waals surface area contributed by atoms with E-state index in [0.29, 0.717) is 32.6 Å². The number of nitrogens with zero attached hydrogens (tertiary/aromatic N) is 3. The monoisotopic (exact) mass is 545 g/mol. The second-order valence-corrected chi connectivity index (χ2v) is 11.9. The average molecular weight is 546 g/mol. The Bertz CT molecular complexity index is 1060. The van der Waals surface area contributed by atoms with Gasteiger partial charge in [0.2, 0.25) is 5.91 Å². The van der Waals surface area contributed by atoms with Gasteiger partial charge in [0.1, 0.15) is 6.29 Å². The number of carbonyl (C=O) groups excluding carboxylic acids is 1. The quantitative estimate of drug-likeness (QED) is 0.370. The van der Waals surface area contributed by atoms with E-state index in [4.69, 9.17) is 0 Å². The van der Waals surface area contributed by atoms with E-state index in [0.717, 1.165) is 37.1 Å². The average Bonchev–Trinajstić information content (AvgIpc) is 3.19. The molecule has 4 saturated heterocycles. The summed E-state index contributed by atoms with van der Waals surface area (Å²) in [5, 5.41) is 29.5. The Labute approximate surface area is 228 Å². The molecule has 2 bridgehead atoms. The van der Waals surface area contributed by atoms with Gasteiger partial charge in [-0.15, -0.1) is 0 Å². The van der Waals surface area contributed by atoms with Crippen molar-refractivity contribution in [2.45, 2.75) is 88.1 Å². The number of nitrogens with one attached hydrogen (secondary N) is 4. The summed E-state index contributed by atoms with van der Waals surface area (Å²) in [6.45, 7) is 3.69. The number of anilines is 2. The largest absolute Gasteiger partial charge is 0.389 e. The van der Waals surface area contributed by atoms with Crippen LogP contribution in [0.3, 0.4) is 0 Å². The van der Waals surface area contributed by atoms with Gasteiger partial charge in [0, 0.05) is 49.9 Å². The molecular weight excluding hydrogens is 504 g/mol. The van der Waals surface area contributed by atoms with Crippen LogP contribution in [0.4, 0.5) is 20.2 Å². The number of rotatable bonds is 3. The van der Waals surface area contributed by atoms with Crippen molar-refractivity contribution in [2.75, 3.05) is 36.4 Å². The molecule has 11 heteroatoms. The van der Waals surface area contributed by atoms with Crippen LogP contribution >= 0.6 is 0 Å². The highest BCUT2D eigenvalue weighted by molar-refractivity contribution is 5.82. The fraction of sp³-hybridized carbons (Fsp3) is 0.679. The van der Waals surface area contributed by atoms with Crippen LogP contribution in [-0.4, -0.2) is 83.4 Å². The number of hydrogen-bond acceptors (Lipinski definition) is 8. The van der Waals surface area contributed by atoms with Gasteiger partial charge in [0.05, 0.1) is 30.4 Å². The molecule has 1 aromatic carbocycles. The highest BCUT2D eigenvalue weighted by Crippen LogP contribution is 2.35. The molecule has 0 radical (unpaired) electrons. The van der Waals surface area contributed by atoms with E-state index in [1.165, 1.54) is 0 Å². The molecule has 6 atom stereocenters. The SMILES string of the molecule is CC1(O)CC/C=C\CN2C(=O)C3CNC(Nc4ccc(N5CCC(F)(F)CC5)cc4)NC3N2C2CCCC1N2. The summed E-state index contributed by atoms with van der Waals surface area (Å²) in [5.74, 6) is -2.67. The zero-order valence-corrected chi connectivity index (χ0v) is 22.6. The number of halogens is 2. The Balaban J connectivity index is 1.15. The lowest BCUT2D eigenvalue weighted by molar-refractivity contribution is -0.146. The van der Waals surface area contributed by atoms with Crippen molar-refractivity contribution in [3.63, 3.8) is 0 Å². The number of alkyl halides is 2. The standard InChI is InChI=1S/C28H41F2N7O2/c1-27(39)12-3-2-4-15-36-25(38)21-18-31-26(34-24(21)37(36)23-7-5-6-22(27)33-23)32-19-8-10-20(11-9-19)35-16-13-28(29,30)14-17-35/h2,4,8-11,21-24,26,31-34,39H,3,5-7,12-18H2,1H3/b4-2-. The van der Waals surface area contributed by atoms with Gasteiger partial charge in [-0.1, -0.05) is 12.2 Å². The highest BCUT2D eigenvalue weighted by Gasteiger charge is 2.52. The Morgan fingerprint density at radius 2 is 1.82 bits per heavy atom. The van der Waals surface area contributed by atoms with Crippen LogP contribution in [0.1, 0.15) is 51.9 Å². The number of allylic oxidation sites excluding steroid dienone is 1. The first-order valence-electron chi connectivity index (χ1n) is 14.4. The summed E-state index contributed by atoms with van der Waals surface area (Å²) >= 11 is 0. The maximum absolute atomic E-state index is 13.5. The zero-order valence-electron chi connectivity index (χ0n) is 22.6. The third-order valence-electron chi connectivity index (χ3n) is 9.13. The summed E-state index contributed by atoms with van der Waals surface area (Å²) in [6.07, 6.45) is 7.67. The second kappa shape index (κ2) is 10.6. The lowest BCUT2D eigenvalue weighted by atomic mass is 9.85. The summed E-state index contributed by atoms with van der Waals surface area (Å²) in [6, 6.07) is 7.85. The fourth-order valence-corrected chi connectivity index (χ4v) is 6.76. The first kappa shape index (κ1) is 26.9. The third-order valence-corrected chi connectivity index (χ3v) is 9.13. The maximum atomic E-state index is 13.5. The number of amides is 1. The molecule has 0 spiro atoms. The van der Waals surface area contributed by atoms with E-state index >= 15 is 0 Å². The van der Waals surface area contributed by atoms with E-state index < -0.39 is 11.5 Å². The molecule has 1 amide bonds. The van der Waals surface area contributed by atoms with E-state index in [1.807, 2.05) is 47.2 Å². The minimum atomic E-state index is -2.56. The minimum absolute atomic E-state index is 0.0287. The van der Waals surface area contributed by atoms with Crippen LogP contribution in [0.25, 0.3) is 0 Å². The summed E-state index contributed by atoms with van der Waals surface area (Å²) < 4.78 is 27.1. The maximum Gasteiger partial charge on any atom is 0.251 e. The molecule has 5 aliphatic rings. The molecule has 0 saturated carbocycles. The molecule has 0 aromatic heterocycles. The molecule has 4 fully saturated rings. The van der Waals surface area contributed by atoms with E-state index in [1.54, 1.807) is 0 Å². The smallest absolute Gasteiger partial charge is 0.251 e. The van der Waals surface area contributed by atoms with Crippen molar-refractivity contribution >= 4 is 17.3 Å². The van der Waals surface area contributed by atoms with Gasteiger partial charge >= 0.3 is 0 Å². The molecule has 6 rings (SSSR count). The Hall–Kier alpha value is -2.31. The van der Waals surface area contributed by atoms with Gasteiger partial charge < -0.3 is 15.3 Å². The molecule has 6 unspecified atom stereocenters. The molecule has 9 nitrogen and oxygen atoms in total. The van der Waals surface area contributed by atoms with Crippen LogP contribution in [0.15, 0.2) is 36.4 Å². The fourth-order valence-electron chi connectivity index (χ4n) is 6.76. The molecule has 5 N–H and O–H groups in total. The molecule has 5 heterocycles. The number of hydrogen-bond donors (Lipinski definition) is 5. The predicted octanol–water partition coefficient (Wildman–Crippen LogP) is 2.38. The van der Waals surface area contributed by atoms with Gasteiger partial charge in [0.15, 0.2) is 0 Å². The normalized spacial score (nSPS) is 37.9. The van der Waals surface area contributed by atoms with E-state index in [-0.39, 0.29) is 49.3 Å². The van der Waals surface area contributed by atoms with Gasteiger partial charge in [-0.2, -0.15) is 5.01 Å². The number of hydrazine groups is 1. The van der Waals surface area contributed by atoms with Crippen LogP contribution in [0, 0.1) is 5.92 Å². The van der Waals surface area contributed by atoms with Crippen molar-refractivity contribution in [1.29, 1.82) is 0 Å². The van der Waals surface area contributed by atoms with Crippen molar-refractivity contribution in [2.24, 2.45) is 5.92 Å². The Kier molecular flexibility index (Phi) is 7.30. The lowest BCUT2D eigenvalue weighted by Gasteiger charge is -2.47. The van der Waals surface area contributed by atoms with Gasteiger partial charge in [-0.25, -0.2) is 8.78 Å². The number of piperidine rings is 2. The van der Waals surface area contributed by atoms with Crippen molar-refractivity contribution < 1.29 is 18.7 Å². The predicted molar refractivity (Wildman–Crippen MR) is 146 cm³/mol. The molecule has 0 aliphatic carbocycles. The number of benzene rings is 1. The summed E-state index contributed by atoms with van der Waals surface area (Å²) in [5.41, 5.74) is 1.04. The van der Waals surface area contributed by atoms with E-state index in [9.17, 15) is 18.7 Å². The third kappa shape index (κ3) is 5.52. The molecule has 1 aromatic rings. The van der Waals surface area contributed by atoms with Gasteiger partial charge in [-0.05, 0) is 63.3 Å². The van der Waals surface area contributed by atoms with Crippen molar-refractivity contribution in [1.82, 2.24) is 26.0 Å². The zero-order chi connectivity index (χ0) is 27.2. The van der Waals surface area contributed by atoms with Gasteiger partial charge in [0.25, 0.3) is 5.92 Å². The van der Waals surface area contributed by atoms with Crippen molar-refractivity contribution in [3.05, 3.63) is 36.4 Å². The van der Waals surface area contributed by atoms with Gasteiger partial charge in [-0.3, -0.25) is 25.8 Å². The second-order valence-electron chi connectivity index (χ2n) is 11.9. The number of fused-ring (bicyclic) bond motifs is 6. The number of carbonyl (C=O) groups is 1. The Morgan fingerprint density at radius 1 is 1.05 bits per heavy atom. The Morgan fingerprint density at radius 3 is 2.59 bits per heavy atom. The van der Waals surface area contributed by atoms with Crippen LogP contribution in [0.2, 0.25) is 0 Å². The molecule has 39 heavy (non-hydrogen) atoms. The highest BCUT2D eigenvalue weighted by atomic mass is 19.3. The minimum Gasteiger partial charge on any atom is -0.389 e. The topological polar surface area (TPSA) is 95.1 Å². The molecule has 214 valence electrons. The summed E-state index contributed by atoms with van der Waals surface area (Å²) in [4.78, 5) is 15.5. The lowest BCUT2D eigenvalue weighted by Crippen LogP contribution is -2.69.